The van der Waals surface area contributed by atoms with E-state index in [0.717, 1.165) is 17.7 Å². The fraction of sp³-hybridized carbons (Fsp3) is 0.273. The second kappa shape index (κ2) is 9.28. The summed E-state index contributed by atoms with van der Waals surface area (Å²) < 4.78 is 10.5. The molecule has 1 N–H and O–H groups in total. The van der Waals surface area contributed by atoms with Crippen molar-refractivity contribution in [2.45, 2.75) is 18.9 Å². The Morgan fingerprint density at radius 2 is 1.84 bits per heavy atom. The highest BCUT2D eigenvalue weighted by Crippen LogP contribution is 2.27. The van der Waals surface area contributed by atoms with Gasteiger partial charge >= 0.3 is 5.97 Å². The molecule has 0 aliphatic carbocycles. The van der Waals surface area contributed by atoms with Crippen LogP contribution in [0.25, 0.3) is 0 Å². The summed E-state index contributed by atoms with van der Waals surface area (Å²) in [5.41, 5.74) is 0.809. The fourth-order valence-electron chi connectivity index (χ4n) is 3.56. The molecule has 10 heteroatoms. The summed E-state index contributed by atoms with van der Waals surface area (Å²) in [5, 5.41) is 3.15. The van der Waals surface area contributed by atoms with E-state index in [1.54, 1.807) is 6.07 Å². The zero-order valence-corrected chi connectivity index (χ0v) is 18.2. The molecule has 32 heavy (non-hydrogen) atoms. The maximum Gasteiger partial charge on any atom is 0.338 e. The van der Waals surface area contributed by atoms with Crippen LogP contribution in [-0.4, -0.2) is 54.5 Å². The number of carbonyl (C=O) groups is 4. The first-order valence-corrected chi connectivity index (χ1v) is 10.6. The molecule has 0 aromatic heterocycles. The minimum atomic E-state index is -0.796. The van der Waals surface area contributed by atoms with Crippen LogP contribution in [0.3, 0.4) is 0 Å². The zero-order chi connectivity index (χ0) is 22.8. The predicted molar refractivity (Wildman–Crippen MR) is 116 cm³/mol. The smallest absolute Gasteiger partial charge is 0.338 e. The highest BCUT2D eigenvalue weighted by Gasteiger charge is 2.38. The Balaban J connectivity index is 1.37. The van der Waals surface area contributed by atoms with Crippen LogP contribution < -0.4 is 5.32 Å². The van der Waals surface area contributed by atoms with Crippen molar-refractivity contribution in [3.8, 4) is 0 Å². The molecule has 0 saturated carbocycles. The summed E-state index contributed by atoms with van der Waals surface area (Å²) >= 11 is 11.7. The van der Waals surface area contributed by atoms with Crippen LogP contribution in [0.5, 0.6) is 0 Å². The number of benzene rings is 2. The minimum Gasteiger partial charge on any atom is -0.452 e. The molecule has 1 saturated heterocycles. The number of hydrogen-bond acceptors (Lipinski definition) is 6. The van der Waals surface area contributed by atoms with Crippen molar-refractivity contribution >= 4 is 52.6 Å². The SMILES string of the molecule is O=C(COC(=O)c1ccc2c(c1)C(=O)N(C[C@@H]1CCCO1)C2=O)Nc1ccc(Cl)c(Cl)c1. The number of ether oxygens (including phenoxy) is 2. The van der Waals surface area contributed by atoms with E-state index >= 15 is 0 Å². The van der Waals surface area contributed by atoms with Crippen LogP contribution in [0.15, 0.2) is 36.4 Å². The second-order valence-corrected chi connectivity index (χ2v) is 8.18. The van der Waals surface area contributed by atoms with Crippen molar-refractivity contribution in [3.05, 3.63) is 63.1 Å². The van der Waals surface area contributed by atoms with Gasteiger partial charge in [-0.25, -0.2) is 4.79 Å². The van der Waals surface area contributed by atoms with Gasteiger partial charge in [0, 0.05) is 12.3 Å². The van der Waals surface area contributed by atoms with Gasteiger partial charge in [0.05, 0.1) is 39.4 Å². The van der Waals surface area contributed by atoms with Gasteiger partial charge in [-0.1, -0.05) is 23.2 Å². The van der Waals surface area contributed by atoms with Gasteiger partial charge in [-0.3, -0.25) is 19.3 Å². The summed E-state index contributed by atoms with van der Waals surface area (Å²) in [6.07, 6.45) is 1.51. The van der Waals surface area contributed by atoms with Crippen molar-refractivity contribution < 1.29 is 28.7 Å². The third kappa shape index (κ3) is 4.62. The number of rotatable bonds is 6. The Kier molecular flexibility index (Phi) is 6.45. The zero-order valence-electron chi connectivity index (χ0n) is 16.7. The maximum absolute atomic E-state index is 12.7. The van der Waals surface area contributed by atoms with Crippen molar-refractivity contribution in [2.24, 2.45) is 0 Å². The summed E-state index contributed by atoms with van der Waals surface area (Å²) in [6.45, 7) is 0.248. The number of carbonyl (C=O) groups excluding carboxylic acids is 4. The molecular formula is C22H18Cl2N2O6. The average Bonchev–Trinajstić information content (AvgIpc) is 3.37. The molecule has 1 fully saturated rings. The molecule has 166 valence electrons. The number of imide groups is 1. The Morgan fingerprint density at radius 1 is 1.06 bits per heavy atom. The number of anilines is 1. The van der Waals surface area contributed by atoms with E-state index < -0.39 is 30.3 Å². The molecule has 2 aromatic rings. The van der Waals surface area contributed by atoms with Gasteiger partial charge in [0.25, 0.3) is 17.7 Å². The molecule has 2 heterocycles. The first-order chi connectivity index (χ1) is 15.3. The largest absolute Gasteiger partial charge is 0.452 e. The molecule has 3 amide bonds. The fourth-order valence-corrected chi connectivity index (χ4v) is 3.86. The maximum atomic E-state index is 12.7. The van der Waals surface area contributed by atoms with Crippen LogP contribution in [0, 0.1) is 0 Å². The third-order valence-corrected chi connectivity index (χ3v) is 5.89. The molecule has 1 atom stereocenters. The monoisotopic (exact) mass is 476 g/mol. The van der Waals surface area contributed by atoms with Gasteiger partial charge in [0.2, 0.25) is 0 Å². The Hall–Kier alpha value is -2.94. The first kappa shape index (κ1) is 22.3. The number of hydrogen-bond donors (Lipinski definition) is 1. The van der Waals surface area contributed by atoms with Gasteiger partial charge < -0.3 is 14.8 Å². The minimum absolute atomic E-state index is 0.0613. The summed E-state index contributed by atoms with van der Waals surface area (Å²) in [5.74, 6) is -2.27. The van der Waals surface area contributed by atoms with Gasteiger partial charge in [-0.15, -0.1) is 0 Å². The quantitative estimate of drug-likeness (QED) is 0.504. The van der Waals surface area contributed by atoms with Gasteiger partial charge in [0.15, 0.2) is 6.61 Å². The van der Waals surface area contributed by atoms with Crippen molar-refractivity contribution in [3.63, 3.8) is 0 Å². The van der Waals surface area contributed by atoms with Crippen molar-refractivity contribution in [1.29, 1.82) is 0 Å². The second-order valence-electron chi connectivity index (χ2n) is 7.37. The molecular weight excluding hydrogens is 459 g/mol. The molecule has 0 bridgehead atoms. The summed E-state index contributed by atoms with van der Waals surface area (Å²) in [6, 6.07) is 8.66. The average molecular weight is 477 g/mol. The molecule has 8 nitrogen and oxygen atoms in total. The predicted octanol–water partition coefficient (Wildman–Crippen LogP) is 3.56. The number of amides is 3. The molecule has 0 unspecified atom stereocenters. The molecule has 2 aliphatic heterocycles. The van der Waals surface area contributed by atoms with E-state index in [9.17, 15) is 19.2 Å². The van der Waals surface area contributed by atoms with E-state index in [4.69, 9.17) is 32.7 Å². The van der Waals surface area contributed by atoms with Gasteiger partial charge in [-0.05, 0) is 49.2 Å². The van der Waals surface area contributed by atoms with E-state index in [2.05, 4.69) is 5.32 Å². The topological polar surface area (TPSA) is 102 Å². The van der Waals surface area contributed by atoms with E-state index in [0.29, 0.717) is 17.3 Å². The Bertz CT molecular complexity index is 1110. The summed E-state index contributed by atoms with van der Waals surface area (Å²) in [4.78, 5) is 50.8. The lowest BCUT2D eigenvalue weighted by atomic mass is 10.1. The molecule has 2 aromatic carbocycles. The van der Waals surface area contributed by atoms with E-state index in [-0.39, 0.29) is 34.4 Å². The third-order valence-electron chi connectivity index (χ3n) is 5.15. The number of nitrogens with one attached hydrogen (secondary N) is 1. The lowest BCUT2D eigenvalue weighted by molar-refractivity contribution is -0.119. The van der Waals surface area contributed by atoms with E-state index in [1.807, 2.05) is 0 Å². The molecule has 2 aliphatic rings. The van der Waals surface area contributed by atoms with E-state index in [1.165, 1.54) is 30.3 Å². The number of esters is 1. The van der Waals surface area contributed by atoms with Crippen molar-refractivity contribution in [2.75, 3.05) is 25.1 Å². The van der Waals surface area contributed by atoms with Gasteiger partial charge in [-0.2, -0.15) is 0 Å². The Labute approximate surface area is 193 Å². The van der Waals surface area contributed by atoms with Crippen molar-refractivity contribution in [1.82, 2.24) is 4.90 Å². The van der Waals surface area contributed by atoms with Gasteiger partial charge in [0.1, 0.15) is 0 Å². The lowest BCUT2D eigenvalue weighted by Gasteiger charge is -2.17. The summed E-state index contributed by atoms with van der Waals surface area (Å²) in [7, 11) is 0. The number of fused-ring (bicyclic) bond motifs is 1. The molecule has 4 rings (SSSR count). The number of halogens is 2. The highest BCUT2D eigenvalue weighted by atomic mass is 35.5. The van der Waals surface area contributed by atoms with Crippen LogP contribution in [0.4, 0.5) is 5.69 Å². The lowest BCUT2D eigenvalue weighted by Crippen LogP contribution is -2.36. The Morgan fingerprint density at radius 3 is 2.56 bits per heavy atom. The van der Waals surface area contributed by atoms with Crippen LogP contribution in [-0.2, 0) is 14.3 Å². The highest BCUT2D eigenvalue weighted by molar-refractivity contribution is 6.42. The normalized spacial score (nSPS) is 17.4. The number of nitrogens with zero attached hydrogens (tertiary/aromatic N) is 1. The van der Waals surface area contributed by atoms with Crippen LogP contribution in [0.1, 0.15) is 43.9 Å². The molecule has 0 radical (unpaired) electrons. The first-order valence-electron chi connectivity index (χ1n) is 9.87. The van der Waals surface area contributed by atoms with Crippen LogP contribution in [0.2, 0.25) is 10.0 Å². The molecule has 0 spiro atoms. The van der Waals surface area contributed by atoms with Crippen LogP contribution >= 0.6 is 23.2 Å². The standard InChI is InChI=1S/C22H18Cl2N2O6/c23-17-6-4-13(9-18(17)24)25-19(27)11-32-22(30)12-3-5-15-16(8-12)21(29)26(20(15)28)10-14-2-1-7-31-14/h3-6,8-9,14H,1-2,7,10-11H2,(H,25,27)/t14-/m0/s1.